The molecule has 5 aromatic heterocycles. The first-order valence-corrected chi connectivity index (χ1v) is 39.6. The maximum absolute atomic E-state index is 6.39. The van der Waals surface area contributed by atoms with Gasteiger partial charge in [-0.3, -0.25) is 0 Å². The van der Waals surface area contributed by atoms with Crippen LogP contribution in [0.25, 0.3) is 221 Å². The minimum absolute atomic E-state index is 0.702. The van der Waals surface area contributed by atoms with Gasteiger partial charge in [0.2, 0.25) is 0 Å². The van der Waals surface area contributed by atoms with Crippen molar-refractivity contribution in [3.8, 4) is 112 Å². The average Bonchev–Trinajstić information content (AvgIpc) is 1.68. The van der Waals surface area contributed by atoms with Crippen LogP contribution in [-0.4, -0.2) is 29.9 Å². The van der Waals surface area contributed by atoms with Crippen LogP contribution in [0, 0.1) is 0 Å². The van der Waals surface area contributed by atoms with Crippen molar-refractivity contribution in [3.05, 3.63) is 412 Å². The van der Waals surface area contributed by atoms with E-state index in [1.54, 1.807) is 0 Å². The summed E-state index contributed by atoms with van der Waals surface area (Å²) in [7, 11) is 0. The minimum Gasteiger partial charge on any atom is -0.455 e. The monoisotopic (exact) mass is 1490 g/mol. The van der Waals surface area contributed by atoms with E-state index < -0.39 is 0 Å². The van der Waals surface area contributed by atoms with Crippen LogP contribution in [0.5, 0.6) is 0 Å². The quantitative estimate of drug-likeness (QED) is 0.141. The molecule has 0 radical (unpaired) electrons. The molecule has 0 fully saturated rings. The molecule has 24 rings (SSSR count). The molecule has 1 aliphatic carbocycles. The first-order chi connectivity index (χ1) is 57.9. The third-order valence-electron chi connectivity index (χ3n) is 22.9. The summed E-state index contributed by atoms with van der Waals surface area (Å²) in [6, 6.07) is 140. The van der Waals surface area contributed by atoms with Crippen molar-refractivity contribution in [2.24, 2.45) is 0 Å². The van der Waals surface area contributed by atoms with Gasteiger partial charge < -0.3 is 8.83 Å². The third kappa shape index (κ3) is 12.5. The Morgan fingerprint density at radius 3 is 1.02 bits per heavy atom. The molecule has 0 saturated carbocycles. The lowest BCUT2D eigenvalue weighted by Gasteiger charge is -2.12. The molecular weight excluding hydrogens is 1430 g/mol. The first-order valence-electron chi connectivity index (χ1n) is 39.6. The fourth-order valence-electron chi connectivity index (χ4n) is 17.0. The molecule has 0 saturated heterocycles. The van der Waals surface area contributed by atoms with Crippen LogP contribution in [0.15, 0.2) is 409 Å². The molecule has 546 valence electrons. The lowest BCUT2D eigenvalue weighted by Crippen LogP contribution is -1.95. The Labute approximate surface area is 673 Å². The van der Waals surface area contributed by atoms with Gasteiger partial charge >= 0.3 is 0 Å². The van der Waals surface area contributed by atoms with Crippen molar-refractivity contribution >= 4 is 109 Å². The predicted molar refractivity (Wildman–Crippen MR) is 483 cm³/mol. The van der Waals surface area contributed by atoms with E-state index >= 15 is 0 Å². The van der Waals surface area contributed by atoms with Gasteiger partial charge in [0.15, 0.2) is 17.5 Å². The normalized spacial score (nSPS) is 11.7. The summed E-state index contributed by atoms with van der Waals surface area (Å²) in [6.07, 6.45) is 0.978. The zero-order valence-electron chi connectivity index (χ0n) is 63.3. The molecule has 23 aromatic rings. The van der Waals surface area contributed by atoms with Crippen LogP contribution in [0.1, 0.15) is 11.1 Å². The van der Waals surface area contributed by atoms with E-state index in [2.05, 4.69) is 315 Å². The molecule has 5 heterocycles. The summed E-state index contributed by atoms with van der Waals surface area (Å²) in [4.78, 5) is 30.3. The zero-order valence-corrected chi connectivity index (χ0v) is 63.3. The second-order valence-corrected chi connectivity index (χ2v) is 29.9. The average molecular weight is 1490 g/mol. The highest BCUT2D eigenvalue weighted by molar-refractivity contribution is 6.17. The Morgan fingerprint density at radius 1 is 0.188 bits per heavy atom. The molecule has 0 spiro atoms. The highest BCUT2D eigenvalue weighted by atomic mass is 16.3. The lowest BCUT2D eigenvalue weighted by atomic mass is 9.96. The van der Waals surface area contributed by atoms with Crippen molar-refractivity contribution in [2.75, 3.05) is 0 Å². The number of hydrogen-bond acceptors (Lipinski definition) is 8. The van der Waals surface area contributed by atoms with E-state index in [1.807, 2.05) is 84.9 Å². The number of rotatable bonds is 9. The van der Waals surface area contributed by atoms with E-state index in [4.69, 9.17) is 38.7 Å². The molecule has 0 unspecified atom stereocenters. The largest absolute Gasteiger partial charge is 0.455 e. The fourth-order valence-corrected chi connectivity index (χ4v) is 17.0. The Balaban J connectivity index is 0.000000107. The number of hydrogen-bond donors (Lipinski definition) is 0. The summed E-state index contributed by atoms with van der Waals surface area (Å²) in [5, 5.41) is 14.6. The Morgan fingerprint density at radius 2 is 0.521 bits per heavy atom. The number of para-hydroxylation sites is 5. The van der Waals surface area contributed by atoms with Crippen LogP contribution in [0.2, 0.25) is 0 Å². The van der Waals surface area contributed by atoms with Gasteiger partial charge in [0.05, 0.1) is 33.6 Å². The minimum atomic E-state index is 0.702. The summed E-state index contributed by atoms with van der Waals surface area (Å²) in [5.41, 5.74) is 28.0. The zero-order chi connectivity index (χ0) is 77.3. The van der Waals surface area contributed by atoms with Crippen molar-refractivity contribution in [1.82, 2.24) is 29.9 Å². The number of nitrogens with zero attached hydrogens (tertiary/aromatic N) is 6. The third-order valence-corrected chi connectivity index (χ3v) is 22.9. The van der Waals surface area contributed by atoms with Crippen molar-refractivity contribution < 1.29 is 8.83 Å². The van der Waals surface area contributed by atoms with Gasteiger partial charge in [-0.15, -0.1) is 0 Å². The van der Waals surface area contributed by atoms with Gasteiger partial charge in [0, 0.05) is 81.9 Å². The van der Waals surface area contributed by atoms with Gasteiger partial charge in [-0.2, -0.15) is 0 Å². The van der Waals surface area contributed by atoms with Crippen LogP contribution >= 0.6 is 0 Å². The molecule has 0 amide bonds. The molecule has 0 N–H and O–H groups in total. The summed E-state index contributed by atoms with van der Waals surface area (Å²) in [5.74, 6) is 2.17. The number of aromatic nitrogens is 6. The van der Waals surface area contributed by atoms with Crippen LogP contribution in [0.3, 0.4) is 0 Å². The highest BCUT2D eigenvalue weighted by Crippen LogP contribution is 2.45. The van der Waals surface area contributed by atoms with Crippen LogP contribution < -0.4 is 0 Å². The molecule has 18 aromatic carbocycles. The van der Waals surface area contributed by atoms with Gasteiger partial charge in [0.25, 0.3) is 0 Å². The molecule has 1 aliphatic rings. The fraction of sp³-hybridized carbons (Fsp3) is 0.00917. The Bertz CT molecular complexity index is 7830. The lowest BCUT2D eigenvalue weighted by molar-refractivity contribution is 0.672. The van der Waals surface area contributed by atoms with Gasteiger partial charge in [-0.05, 0) is 150 Å². The maximum atomic E-state index is 6.39. The van der Waals surface area contributed by atoms with Gasteiger partial charge in [-0.1, -0.05) is 334 Å². The van der Waals surface area contributed by atoms with E-state index in [0.717, 1.165) is 172 Å². The molecule has 0 atom stereocenters. The summed E-state index contributed by atoms with van der Waals surface area (Å²) in [6.45, 7) is 0. The molecule has 0 bridgehead atoms. The molecule has 8 heteroatoms. The predicted octanol–water partition coefficient (Wildman–Crippen LogP) is 28.7. The second-order valence-electron chi connectivity index (χ2n) is 29.9. The van der Waals surface area contributed by atoms with E-state index in [-0.39, 0.29) is 0 Å². The molecule has 8 nitrogen and oxygen atoms in total. The molecule has 0 aliphatic heterocycles. The van der Waals surface area contributed by atoms with Crippen molar-refractivity contribution in [2.45, 2.75) is 6.42 Å². The standard InChI is InChI=1S/C42H26N2O.C36H22N2O.C31H20N2/c1-2-9-27(10-3-1)28-17-19-29(20-18-28)31-11-8-12-33(25-31)42-43-38-15-6-4-14-36(38)40(44-42)32-22-21-30-23-24-35-34-13-5-7-16-39(34)45-41(35)37(30)26-32;1-2-8-23(9-3-1)24-14-17-26(18-15-24)36-37-32-12-6-4-11-30(32)34(38-36)27-19-16-25-20-21-29-28-10-5-7-13-33(28)39-35(29)31(25)22-27;1-2-8-21(9-3-1)31-32-29-13-7-6-12-26(29)30(33-31)23-15-14-20-16-17-25-24-11-5-4-10-22(24)18-28(25)27(20)19-23/h1-26H;1-22H;1-17,19H,18H2. The van der Waals surface area contributed by atoms with Crippen molar-refractivity contribution in [1.29, 1.82) is 0 Å². The van der Waals surface area contributed by atoms with E-state index in [0.29, 0.717) is 11.6 Å². The number of benzene rings is 18. The Hall–Kier alpha value is -15.6. The second kappa shape index (κ2) is 28.8. The SMILES string of the molecule is c1ccc(-c2ccc(-c3cccc(-c4nc(-c5ccc6ccc7c8ccccc8oc7c6c5)c5ccccc5n4)c3)cc2)cc1.c1ccc(-c2ccc(-c3nc(-c4ccc5ccc6c7ccccc7oc6c5c4)c4ccccc4n3)cc2)cc1.c1ccc(-c2nc(-c3ccc4ccc5c(c4c3)Cc3ccccc3-5)c3ccccc3n2)cc1. The highest BCUT2D eigenvalue weighted by Gasteiger charge is 2.23. The maximum Gasteiger partial charge on any atom is 0.160 e. The van der Waals surface area contributed by atoms with Crippen LogP contribution in [-0.2, 0) is 6.42 Å². The summed E-state index contributed by atoms with van der Waals surface area (Å²) < 4.78 is 12.7. The first kappa shape index (κ1) is 68.2. The Kier molecular flexibility index (Phi) is 16.8. The van der Waals surface area contributed by atoms with Crippen LogP contribution in [0.4, 0.5) is 0 Å². The molecule has 117 heavy (non-hydrogen) atoms. The summed E-state index contributed by atoms with van der Waals surface area (Å²) >= 11 is 0. The van der Waals surface area contributed by atoms with Crippen molar-refractivity contribution in [3.63, 3.8) is 0 Å². The van der Waals surface area contributed by atoms with Gasteiger partial charge in [0.1, 0.15) is 22.3 Å². The smallest absolute Gasteiger partial charge is 0.160 e. The molecular formula is C109H68N6O2. The van der Waals surface area contributed by atoms with Gasteiger partial charge in [-0.25, -0.2) is 29.9 Å². The van der Waals surface area contributed by atoms with E-state index in [1.165, 1.54) is 55.3 Å². The topological polar surface area (TPSA) is 104 Å². The number of fused-ring (bicyclic) bond motifs is 18. The van der Waals surface area contributed by atoms with E-state index in [9.17, 15) is 0 Å². The number of furan rings is 2.